The van der Waals surface area contributed by atoms with Crippen LogP contribution in [0, 0.1) is 0 Å². The minimum Gasteiger partial charge on any atom is -0.480 e. The van der Waals surface area contributed by atoms with Crippen LogP contribution in [0.25, 0.3) is 0 Å². The lowest BCUT2D eigenvalue weighted by Gasteiger charge is -2.32. The van der Waals surface area contributed by atoms with E-state index in [0.717, 1.165) is 25.7 Å². The standard InChI is InChI=1S/C10H19NO3/c1-8(9(12)13)11-7-10(14)5-3-2-4-6-10/h8,11,14H,2-7H2,1H3,(H,12,13). The van der Waals surface area contributed by atoms with Gasteiger partial charge in [-0.2, -0.15) is 0 Å². The van der Waals surface area contributed by atoms with E-state index < -0.39 is 17.6 Å². The molecule has 1 atom stereocenters. The number of rotatable bonds is 4. The molecule has 0 aliphatic heterocycles. The predicted molar refractivity (Wildman–Crippen MR) is 53.1 cm³/mol. The van der Waals surface area contributed by atoms with Gasteiger partial charge in [0.05, 0.1) is 5.60 Å². The third kappa shape index (κ3) is 3.27. The van der Waals surface area contributed by atoms with Crippen molar-refractivity contribution in [1.82, 2.24) is 5.32 Å². The van der Waals surface area contributed by atoms with Crippen LogP contribution in [0.2, 0.25) is 0 Å². The molecular formula is C10H19NO3. The summed E-state index contributed by atoms with van der Waals surface area (Å²) in [5.41, 5.74) is -0.679. The molecule has 1 aliphatic rings. The first-order chi connectivity index (χ1) is 6.53. The maximum atomic E-state index is 10.5. The zero-order valence-corrected chi connectivity index (χ0v) is 8.62. The molecule has 82 valence electrons. The Morgan fingerprint density at radius 2 is 2.00 bits per heavy atom. The highest BCUT2D eigenvalue weighted by molar-refractivity contribution is 5.72. The average Bonchev–Trinajstić information content (AvgIpc) is 2.15. The van der Waals surface area contributed by atoms with Gasteiger partial charge in [0, 0.05) is 6.54 Å². The molecule has 0 aromatic carbocycles. The smallest absolute Gasteiger partial charge is 0.320 e. The summed E-state index contributed by atoms with van der Waals surface area (Å²) in [6.07, 6.45) is 4.83. The molecule has 0 spiro atoms. The lowest BCUT2D eigenvalue weighted by Crippen LogP contribution is -2.47. The second-order valence-electron chi connectivity index (χ2n) is 4.23. The van der Waals surface area contributed by atoms with Gasteiger partial charge in [0.2, 0.25) is 0 Å². The molecule has 1 rings (SSSR count). The largest absolute Gasteiger partial charge is 0.480 e. The summed E-state index contributed by atoms with van der Waals surface area (Å²) in [4.78, 5) is 10.5. The van der Waals surface area contributed by atoms with Gasteiger partial charge in [-0.15, -0.1) is 0 Å². The molecule has 1 aliphatic carbocycles. The minimum absolute atomic E-state index is 0.389. The normalized spacial score (nSPS) is 23.0. The first-order valence-corrected chi connectivity index (χ1v) is 5.22. The van der Waals surface area contributed by atoms with E-state index in [4.69, 9.17) is 5.11 Å². The molecule has 4 nitrogen and oxygen atoms in total. The van der Waals surface area contributed by atoms with Crippen molar-refractivity contribution in [3.63, 3.8) is 0 Å². The van der Waals surface area contributed by atoms with Crippen molar-refractivity contribution in [3.8, 4) is 0 Å². The fourth-order valence-electron chi connectivity index (χ4n) is 1.82. The number of carboxylic acid groups (broad SMARTS) is 1. The highest BCUT2D eigenvalue weighted by Crippen LogP contribution is 2.27. The lowest BCUT2D eigenvalue weighted by molar-refractivity contribution is -0.139. The Morgan fingerprint density at radius 3 is 2.50 bits per heavy atom. The summed E-state index contributed by atoms with van der Waals surface area (Å²) in [6, 6.07) is -0.582. The van der Waals surface area contributed by atoms with Crippen molar-refractivity contribution in [2.45, 2.75) is 50.7 Å². The van der Waals surface area contributed by atoms with E-state index in [1.165, 1.54) is 6.42 Å². The molecular weight excluding hydrogens is 182 g/mol. The van der Waals surface area contributed by atoms with Crippen molar-refractivity contribution in [3.05, 3.63) is 0 Å². The van der Waals surface area contributed by atoms with Crippen LogP contribution < -0.4 is 5.32 Å². The van der Waals surface area contributed by atoms with Gasteiger partial charge in [-0.05, 0) is 19.8 Å². The number of carboxylic acids is 1. The average molecular weight is 201 g/mol. The Kier molecular flexibility index (Phi) is 3.89. The fourth-order valence-corrected chi connectivity index (χ4v) is 1.82. The molecule has 0 saturated heterocycles. The highest BCUT2D eigenvalue weighted by atomic mass is 16.4. The Balaban J connectivity index is 2.31. The Hall–Kier alpha value is -0.610. The molecule has 3 N–H and O–H groups in total. The quantitative estimate of drug-likeness (QED) is 0.627. The molecule has 0 heterocycles. The van der Waals surface area contributed by atoms with E-state index in [9.17, 15) is 9.90 Å². The van der Waals surface area contributed by atoms with Gasteiger partial charge in [-0.3, -0.25) is 4.79 Å². The van der Waals surface area contributed by atoms with Crippen molar-refractivity contribution in [2.75, 3.05) is 6.54 Å². The van der Waals surface area contributed by atoms with Crippen molar-refractivity contribution in [2.24, 2.45) is 0 Å². The fraction of sp³-hybridized carbons (Fsp3) is 0.900. The minimum atomic E-state index is -0.871. The SMILES string of the molecule is CC(NCC1(O)CCCCC1)C(=O)O. The number of hydrogen-bond donors (Lipinski definition) is 3. The van der Waals surface area contributed by atoms with Gasteiger partial charge in [0.15, 0.2) is 0 Å². The Bertz CT molecular complexity index is 200. The Morgan fingerprint density at radius 1 is 1.43 bits per heavy atom. The molecule has 0 aromatic heterocycles. The molecule has 1 saturated carbocycles. The monoisotopic (exact) mass is 201 g/mol. The van der Waals surface area contributed by atoms with Crippen molar-refractivity contribution in [1.29, 1.82) is 0 Å². The number of aliphatic carboxylic acids is 1. The molecule has 1 fully saturated rings. The van der Waals surface area contributed by atoms with E-state index in [2.05, 4.69) is 5.32 Å². The summed E-state index contributed by atoms with van der Waals surface area (Å²) >= 11 is 0. The Labute approximate surface area is 84.3 Å². The molecule has 0 radical (unpaired) electrons. The lowest BCUT2D eigenvalue weighted by atomic mass is 9.85. The molecule has 14 heavy (non-hydrogen) atoms. The van der Waals surface area contributed by atoms with E-state index in [1.54, 1.807) is 6.92 Å². The third-order valence-electron chi connectivity index (χ3n) is 2.89. The third-order valence-corrected chi connectivity index (χ3v) is 2.89. The summed E-state index contributed by atoms with van der Waals surface area (Å²) in [7, 11) is 0. The van der Waals surface area contributed by atoms with E-state index >= 15 is 0 Å². The predicted octanol–water partition coefficient (Wildman–Crippen LogP) is 0.744. The number of hydrogen-bond acceptors (Lipinski definition) is 3. The van der Waals surface area contributed by atoms with Crippen LogP contribution in [-0.4, -0.2) is 34.4 Å². The van der Waals surface area contributed by atoms with Gasteiger partial charge < -0.3 is 15.5 Å². The maximum absolute atomic E-state index is 10.5. The molecule has 4 heteroatoms. The zero-order valence-electron chi connectivity index (χ0n) is 8.62. The zero-order chi connectivity index (χ0) is 10.6. The van der Waals surface area contributed by atoms with Crippen LogP contribution in [0.3, 0.4) is 0 Å². The highest BCUT2D eigenvalue weighted by Gasteiger charge is 2.29. The molecule has 1 unspecified atom stereocenters. The second-order valence-corrected chi connectivity index (χ2v) is 4.23. The first kappa shape index (κ1) is 11.5. The van der Waals surface area contributed by atoms with Gasteiger partial charge in [0.25, 0.3) is 0 Å². The first-order valence-electron chi connectivity index (χ1n) is 5.22. The van der Waals surface area contributed by atoms with Gasteiger partial charge in [-0.25, -0.2) is 0 Å². The van der Waals surface area contributed by atoms with Crippen molar-refractivity contribution >= 4 is 5.97 Å². The number of aliphatic hydroxyl groups is 1. The van der Waals surface area contributed by atoms with Gasteiger partial charge in [0.1, 0.15) is 6.04 Å². The molecule has 0 amide bonds. The van der Waals surface area contributed by atoms with E-state index in [0.29, 0.717) is 6.54 Å². The summed E-state index contributed by atoms with van der Waals surface area (Å²) in [6.45, 7) is 1.98. The van der Waals surface area contributed by atoms with Crippen LogP contribution in [0.4, 0.5) is 0 Å². The number of nitrogens with one attached hydrogen (secondary N) is 1. The van der Waals surface area contributed by atoms with Gasteiger partial charge >= 0.3 is 5.97 Å². The number of carbonyl (C=O) groups is 1. The van der Waals surface area contributed by atoms with Crippen LogP contribution in [0.15, 0.2) is 0 Å². The van der Waals surface area contributed by atoms with E-state index in [-0.39, 0.29) is 0 Å². The summed E-state index contributed by atoms with van der Waals surface area (Å²) < 4.78 is 0. The summed E-state index contributed by atoms with van der Waals surface area (Å²) in [5, 5.41) is 21.5. The van der Waals surface area contributed by atoms with Crippen molar-refractivity contribution < 1.29 is 15.0 Å². The maximum Gasteiger partial charge on any atom is 0.320 e. The molecule has 0 bridgehead atoms. The topological polar surface area (TPSA) is 69.6 Å². The van der Waals surface area contributed by atoms with E-state index in [1.807, 2.05) is 0 Å². The van der Waals surface area contributed by atoms with Crippen LogP contribution in [0.5, 0.6) is 0 Å². The van der Waals surface area contributed by atoms with Crippen LogP contribution in [-0.2, 0) is 4.79 Å². The summed E-state index contributed by atoms with van der Waals surface area (Å²) in [5.74, 6) is -0.871. The van der Waals surface area contributed by atoms with Crippen LogP contribution in [0.1, 0.15) is 39.0 Å². The van der Waals surface area contributed by atoms with Gasteiger partial charge in [-0.1, -0.05) is 19.3 Å². The molecule has 0 aromatic rings. The second kappa shape index (κ2) is 4.75. The van der Waals surface area contributed by atoms with Crippen LogP contribution >= 0.6 is 0 Å².